The Balaban J connectivity index is 1.24. The lowest BCUT2D eigenvalue weighted by Crippen LogP contribution is -2.09. The van der Waals surface area contributed by atoms with E-state index in [1.165, 1.54) is 5.39 Å². The number of rotatable bonds is 5. The molecule has 0 radical (unpaired) electrons. The molecule has 8 aromatic rings. The third-order valence-electron chi connectivity index (χ3n) is 7.86. The molecule has 1 heterocycles. The molecule has 0 N–H and O–H groups in total. The normalized spacial score (nSPS) is 11.3. The Morgan fingerprint density at radius 3 is 1.69 bits per heavy atom. The van der Waals surface area contributed by atoms with E-state index in [2.05, 4.69) is 114 Å². The van der Waals surface area contributed by atoms with Gasteiger partial charge in [0.1, 0.15) is 5.52 Å². The molecule has 3 heteroatoms. The van der Waals surface area contributed by atoms with Gasteiger partial charge in [0, 0.05) is 28.0 Å². The summed E-state index contributed by atoms with van der Waals surface area (Å²) in [5, 5.41) is 4.56. The molecule has 0 amide bonds. The fourth-order valence-corrected chi connectivity index (χ4v) is 5.81. The molecule has 0 fully saturated rings. The SMILES string of the molecule is c1ccc(-c2nc3ccc4ccc5ccc(-c6ccc(N(c7ccccc7)c7ccccc7)cc6)cc5c4c3o2)cc1. The fourth-order valence-electron chi connectivity index (χ4n) is 5.81. The maximum Gasteiger partial charge on any atom is 0.227 e. The van der Waals surface area contributed by atoms with Crippen LogP contribution in [0.2, 0.25) is 0 Å². The summed E-state index contributed by atoms with van der Waals surface area (Å²) >= 11 is 0. The third-order valence-corrected chi connectivity index (χ3v) is 7.86. The summed E-state index contributed by atoms with van der Waals surface area (Å²) in [6, 6.07) is 55.1. The van der Waals surface area contributed by atoms with E-state index >= 15 is 0 Å². The first-order chi connectivity index (χ1) is 20.8. The average molecular weight is 539 g/mol. The lowest BCUT2D eigenvalue weighted by atomic mass is 9.96. The zero-order valence-electron chi connectivity index (χ0n) is 22.8. The zero-order chi connectivity index (χ0) is 27.9. The maximum absolute atomic E-state index is 6.43. The highest BCUT2D eigenvalue weighted by Crippen LogP contribution is 2.38. The number of hydrogen-bond acceptors (Lipinski definition) is 3. The summed E-state index contributed by atoms with van der Waals surface area (Å²) in [5.41, 5.74) is 8.35. The van der Waals surface area contributed by atoms with Gasteiger partial charge in [0.2, 0.25) is 5.89 Å². The number of fused-ring (bicyclic) bond motifs is 5. The van der Waals surface area contributed by atoms with Gasteiger partial charge in [0.15, 0.2) is 5.58 Å². The largest absolute Gasteiger partial charge is 0.435 e. The number of nitrogens with zero attached hydrogens (tertiary/aromatic N) is 2. The highest BCUT2D eigenvalue weighted by atomic mass is 16.3. The topological polar surface area (TPSA) is 29.3 Å². The van der Waals surface area contributed by atoms with Crippen LogP contribution in [0.3, 0.4) is 0 Å². The van der Waals surface area contributed by atoms with E-state index < -0.39 is 0 Å². The number of oxazole rings is 1. The molecule has 8 rings (SSSR count). The van der Waals surface area contributed by atoms with E-state index in [4.69, 9.17) is 9.40 Å². The first-order valence-electron chi connectivity index (χ1n) is 14.1. The van der Waals surface area contributed by atoms with E-state index in [9.17, 15) is 0 Å². The van der Waals surface area contributed by atoms with Crippen LogP contribution in [0, 0.1) is 0 Å². The quantitative estimate of drug-likeness (QED) is 0.204. The van der Waals surface area contributed by atoms with Crippen LogP contribution in [0.25, 0.3) is 55.2 Å². The van der Waals surface area contributed by atoms with E-state index in [1.54, 1.807) is 0 Å². The van der Waals surface area contributed by atoms with Gasteiger partial charge in [-0.15, -0.1) is 0 Å². The Morgan fingerprint density at radius 1 is 0.452 bits per heavy atom. The molecule has 0 bridgehead atoms. The molecule has 198 valence electrons. The minimum Gasteiger partial charge on any atom is -0.435 e. The third kappa shape index (κ3) is 4.20. The van der Waals surface area contributed by atoms with E-state index in [0.29, 0.717) is 5.89 Å². The van der Waals surface area contributed by atoms with Gasteiger partial charge in [-0.05, 0) is 87.9 Å². The van der Waals surface area contributed by atoms with Crippen molar-refractivity contribution in [2.45, 2.75) is 0 Å². The van der Waals surface area contributed by atoms with Crippen molar-refractivity contribution in [3.05, 3.63) is 158 Å². The van der Waals surface area contributed by atoms with Crippen molar-refractivity contribution in [3.63, 3.8) is 0 Å². The second-order valence-corrected chi connectivity index (χ2v) is 10.5. The van der Waals surface area contributed by atoms with Crippen LogP contribution in [-0.2, 0) is 0 Å². The molecule has 0 saturated carbocycles. The monoisotopic (exact) mass is 538 g/mol. The Labute approximate surface area is 243 Å². The van der Waals surface area contributed by atoms with E-state index in [-0.39, 0.29) is 0 Å². The molecule has 0 aliphatic rings. The molecular weight excluding hydrogens is 512 g/mol. The van der Waals surface area contributed by atoms with E-state index in [0.717, 1.165) is 61.0 Å². The van der Waals surface area contributed by atoms with Crippen LogP contribution in [0.15, 0.2) is 162 Å². The maximum atomic E-state index is 6.43. The molecule has 3 nitrogen and oxygen atoms in total. The fraction of sp³-hybridized carbons (Fsp3) is 0. The van der Waals surface area contributed by atoms with Gasteiger partial charge < -0.3 is 9.32 Å². The average Bonchev–Trinajstić information content (AvgIpc) is 3.51. The summed E-state index contributed by atoms with van der Waals surface area (Å²) in [5.74, 6) is 0.642. The second kappa shape index (κ2) is 10.1. The summed E-state index contributed by atoms with van der Waals surface area (Å²) in [4.78, 5) is 7.11. The van der Waals surface area contributed by atoms with Crippen molar-refractivity contribution in [2.75, 3.05) is 4.90 Å². The van der Waals surface area contributed by atoms with Crippen LogP contribution < -0.4 is 4.90 Å². The Bertz CT molecular complexity index is 2130. The van der Waals surface area contributed by atoms with Crippen molar-refractivity contribution in [1.29, 1.82) is 0 Å². The highest BCUT2D eigenvalue weighted by Gasteiger charge is 2.15. The lowest BCUT2D eigenvalue weighted by molar-refractivity contribution is 0.623. The first kappa shape index (κ1) is 24.2. The summed E-state index contributed by atoms with van der Waals surface area (Å²) in [7, 11) is 0. The van der Waals surface area contributed by atoms with Crippen molar-refractivity contribution in [3.8, 4) is 22.6 Å². The summed E-state index contributed by atoms with van der Waals surface area (Å²) < 4.78 is 6.43. The second-order valence-electron chi connectivity index (χ2n) is 10.5. The van der Waals surface area contributed by atoms with Crippen LogP contribution >= 0.6 is 0 Å². The first-order valence-corrected chi connectivity index (χ1v) is 14.1. The smallest absolute Gasteiger partial charge is 0.227 e. The molecule has 0 aliphatic heterocycles. The summed E-state index contributed by atoms with van der Waals surface area (Å²) in [6.07, 6.45) is 0. The number of anilines is 3. The van der Waals surface area contributed by atoms with Gasteiger partial charge >= 0.3 is 0 Å². The van der Waals surface area contributed by atoms with Gasteiger partial charge in [0.05, 0.1) is 0 Å². The van der Waals surface area contributed by atoms with Crippen LogP contribution in [0.1, 0.15) is 0 Å². The molecule has 0 saturated heterocycles. The standard InChI is InChI=1S/C39H26N2O/c1-4-10-30(11-5-1)39-40-36-25-22-29-18-16-28-17-19-31(26-35(28)37(29)38(36)42-39)27-20-23-34(24-21-27)41(32-12-6-2-7-13-32)33-14-8-3-9-15-33/h1-26H. The Hall–Kier alpha value is -5.67. The van der Waals surface area contributed by atoms with Crippen LogP contribution in [-0.4, -0.2) is 4.98 Å². The van der Waals surface area contributed by atoms with Gasteiger partial charge in [0.25, 0.3) is 0 Å². The van der Waals surface area contributed by atoms with Crippen molar-refractivity contribution in [2.24, 2.45) is 0 Å². The molecular formula is C39H26N2O. The molecule has 1 aromatic heterocycles. The van der Waals surface area contributed by atoms with Crippen molar-refractivity contribution < 1.29 is 4.42 Å². The van der Waals surface area contributed by atoms with Crippen molar-refractivity contribution >= 4 is 49.7 Å². The minimum atomic E-state index is 0.642. The number of aromatic nitrogens is 1. The number of para-hydroxylation sites is 2. The predicted octanol–water partition coefficient (Wildman–Crippen LogP) is 10.9. The van der Waals surface area contributed by atoms with Gasteiger partial charge in [-0.25, -0.2) is 4.98 Å². The molecule has 0 unspecified atom stereocenters. The molecule has 0 spiro atoms. The van der Waals surface area contributed by atoms with Crippen LogP contribution in [0.4, 0.5) is 17.1 Å². The van der Waals surface area contributed by atoms with Gasteiger partial charge in [-0.3, -0.25) is 0 Å². The summed E-state index contributed by atoms with van der Waals surface area (Å²) in [6.45, 7) is 0. The number of hydrogen-bond donors (Lipinski definition) is 0. The van der Waals surface area contributed by atoms with Gasteiger partial charge in [-0.2, -0.15) is 0 Å². The zero-order valence-corrected chi connectivity index (χ0v) is 22.8. The predicted molar refractivity (Wildman–Crippen MR) is 175 cm³/mol. The molecule has 7 aromatic carbocycles. The molecule has 42 heavy (non-hydrogen) atoms. The highest BCUT2D eigenvalue weighted by molar-refractivity contribution is 6.18. The lowest BCUT2D eigenvalue weighted by Gasteiger charge is -2.25. The Kier molecular flexibility index (Phi) is 5.79. The van der Waals surface area contributed by atoms with E-state index in [1.807, 2.05) is 48.5 Å². The number of benzene rings is 7. The van der Waals surface area contributed by atoms with Crippen molar-refractivity contribution in [1.82, 2.24) is 4.98 Å². The van der Waals surface area contributed by atoms with Crippen LogP contribution in [0.5, 0.6) is 0 Å². The Morgan fingerprint density at radius 2 is 1.00 bits per heavy atom. The molecule has 0 atom stereocenters. The van der Waals surface area contributed by atoms with Gasteiger partial charge in [-0.1, -0.05) is 97.1 Å². The minimum absolute atomic E-state index is 0.642. The molecule has 0 aliphatic carbocycles.